The van der Waals surface area contributed by atoms with E-state index in [2.05, 4.69) is 20.6 Å². The van der Waals surface area contributed by atoms with E-state index in [0.717, 1.165) is 22.5 Å². The van der Waals surface area contributed by atoms with Gasteiger partial charge in [0.2, 0.25) is 0 Å². The number of nitrogens with one attached hydrogen (secondary N) is 3. The van der Waals surface area contributed by atoms with Gasteiger partial charge < -0.3 is 21.4 Å². The molecule has 0 saturated carbocycles. The first kappa shape index (κ1) is 19.4. The molecule has 1 aromatic carbocycles. The fourth-order valence-electron chi connectivity index (χ4n) is 3.57. The van der Waals surface area contributed by atoms with Gasteiger partial charge in [0.05, 0.1) is 17.3 Å². The maximum atomic E-state index is 12.8. The average Bonchev–Trinajstić information content (AvgIpc) is 3.18. The summed E-state index contributed by atoms with van der Waals surface area (Å²) in [6.45, 7) is 5.71. The maximum absolute atomic E-state index is 12.8. The molecular weight excluding hydrogens is 378 g/mol. The van der Waals surface area contributed by atoms with Crippen LogP contribution in [0.3, 0.4) is 0 Å². The number of carbonyl (C=O) groups excluding carboxylic acids is 2. The summed E-state index contributed by atoms with van der Waals surface area (Å²) < 4.78 is 0. The van der Waals surface area contributed by atoms with Gasteiger partial charge in [0.25, 0.3) is 11.8 Å². The van der Waals surface area contributed by atoms with Gasteiger partial charge in [-0.1, -0.05) is 0 Å². The van der Waals surface area contributed by atoms with Crippen LogP contribution >= 0.6 is 0 Å². The average molecular weight is 401 g/mol. The molecule has 5 N–H and O–H groups in total. The van der Waals surface area contributed by atoms with Crippen LogP contribution < -0.4 is 16.4 Å². The van der Waals surface area contributed by atoms with Crippen LogP contribution in [0.4, 0.5) is 11.4 Å². The largest absolute Gasteiger partial charge is 0.397 e. The molecule has 0 spiro atoms. The van der Waals surface area contributed by atoms with E-state index in [1.807, 2.05) is 32.9 Å². The number of hydrogen-bond acceptors (Lipinski definition) is 4. The summed E-state index contributed by atoms with van der Waals surface area (Å²) in [6, 6.07) is 8.76. The van der Waals surface area contributed by atoms with Crippen molar-refractivity contribution in [3.63, 3.8) is 0 Å². The third-order valence-electron chi connectivity index (χ3n) is 5.44. The van der Waals surface area contributed by atoms with Crippen molar-refractivity contribution in [2.24, 2.45) is 0 Å². The zero-order valence-corrected chi connectivity index (χ0v) is 17.0. The lowest BCUT2D eigenvalue weighted by atomic mass is 10.0. The molecule has 30 heavy (non-hydrogen) atoms. The third kappa shape index (κ3) is 3.45. The van der Waals surface area contributed by atoms with Gasteiger partial charge in [0, 0.05) is 40.6 Å². The summed E-state index contributed by atoms with van der Waals surface area (Å²) in [5.74, 6) is -0.421. The van der Waals surface area contributed by atoms with Gasteiger partial charge in [-0.25, -0.2) is 0 Å². The monoisotopic (exact) mass is 401 g/mol. The molecule has 3 heterocycles. The van der Waals surface area contributed by atoms with Crippen LogP contribution in [0.1, 0.15) is 51.4 Å². The van der Waals surface area contributed by atoms with Crippen LogP contribution in [0.25, 0.3) is 11.6 Å². The number of nitrogens with zero attached hydrogens (tertiary/aromatic N) is 1. The molecule has 0 aliphatic carbocycles. The molecule has 2 aromatic heterocycles. The Labute approximate surface area is 174 Å². The van der Waals surface area contributed by atoms with Gasteiger partial charge in [-0.2, -0.15) is 0 Å². The molecule has 1 unspecified atom stereocenters. The van der Waals surface area contributed by atoms with Gasteiger partial charge in [0.15, 0.2) is 0 Å². The molecule has 1 atom stereocenters. The number of anilines is 2. The Morgan fingerprint density at radius 2 is 1.93 bits per heavy atom. The topological polar surface area (TPSA) is 113 Å². The van der Waals surface area contributed by atoms with Crippen molar-refractivity contribution in [2.45, 2.75) is 26.8 Å². The number of aryl methyl sites for hydroxylation is 1. The highest BCUT2D eigenvalue weighted by Gasteiger charge is 2.26. The number of fused-ring (bicyclic) bond motifs is 1. The number of rotatable bonds is 4. The number of aromatic amines is 1. The van der Waals surface area contributed by atoms with Crippen molar-refractivity contribution < 1.29 is 9.59 Å². The molecule has 0 saturated heterocycles. The smallest absolute Gasteiger partial charge is 0.256 e. The second-order valence-electron chi connectivity index (χ2n) is 7.45. The van der Waals surface area contributed by atoms with Crippen molar-refractivity contribution in [2.75, 3.05) is 11.1 Å². The van der Waals surface area contributed by atoms with E-state index >= 15 is 0 Å². The Kier molecular flexibility index (Phi) is 4.87. The van der Waals surface area contributed by atoms with E-state index < -0.39 is 0 Å². The van der Waals surface area contributed by atoms with Crippen LogP contribution in [0.2, 0.25) is 0 Å². The van der Waals surface area contributed by atoms with Gasteiger partial charge in [-0.15, -0.1) is 0 Å². The number of aromatic nitrogens is 2. The van der Waals surface area contributed by atoms with Gasteiger partial charge in [-0.05, 0) is 68.3 Å². The number of nitrogens with two attached hydrogens (primary N) is 1. The van der Waals surface area contributed by atoms with E-state index in [-0.39, 0.29) is 17.9 Å². The lowest BCUT2D eigenvalue weighted by Crippen LogP contribution is -2.26. The Morgan fingerprint density at radius 3 is 2.60 bits per heavy atom. The van der Waals surface area contributed by atoms with E-state index in [1.54, 1.807) is 36.7 Å². The normalized spacial score (nSPS) is 15.0. The summed E-state index contributed by atoms with van der Waals surface area (Å²) in [4.78, 5) is 32.6. The predicted octanol–water partition coefficient (Wildman–Crippen LogP) is 3.59. The Balaban J connectivity index is 1.64. The molecule has 7 heteroatoms. The molecule has 0 radical (unpaired) electrons. The molecular formula is C23H23N5O2. The molecule has 0 fully saturated rings. The summed E-state index contributed by atoms with van der Waals surface area (Å²) in [7, 11) is 0. The van der Waals surface area contributed by atoms with E-state index in [4.69, 9.17) is 5.73 Å². The van der Waals surface area contributed by atoms with Crippen molar-refractivity contribution in [3.8, 4) is 0 Å². The standard InChI is InChI=1S/C23H23N5O2/c1-12-20(26-14(3)21(12)24)11-18-17-10-16(4-5-19(17)28-23(18)30)22(29)27-13(2)15-6-8-25-9-7-15/h4-11,13,26H,24H2,1-3H3,(H,27,29)(H,28,30). The highest BCUT2D eigenvalue weighted by Crippen LogP contribution is 2.35. The first-order valence-electron chi connectivity index (χ1n) is 9.68. The van der Waals surface area contributed by atoms with Crippen molar-refractivity contribution in [3.05, 3.63) is 76.4 Å². The fourth-order valence-corrected chi connectivity index (χ4v) is 3.57. The lowest BCUT2D eigenvalue weighted by Gasteiger charge is -2.14. The fraction of sp³-hybridized carbons (Fsp3) is 0.174. The van der Waals surface area contributed by atoms with E-state index in [0.29, 0.717) is 28.1 Å². The number of hydrogen-bond donors (Lipinski definition) is 4. The summed E-state index contributed by atoms with van der Waals surface area (Å²) in [5, 5.41) is 5.84. The van der Waals surface area contributed by atoms with Gasteiger partial charge in [-0.3, -0.25) is 14.6 Å². The second kappa shape index (κ2) is 7.51. The summed E-state index contributed by atoms with van der Waals surface area (Å²) in [5.41, 5.74) is 12.6. The van der Waals surface area contributed by atoms with Gasteiger partial charge >= 0.3 is 0 Å². The molecule has 7 nitrogen and oxygen atoms in total. The van der Waals surface area contributed by atoms with Crippen molar-refractivity contribution >= 4 is 34.8 Å². The third-order valence-corrected chi connectivity index (χ3v) is 5.44. The first-order valence-corrected chi connectivity index (χ1v) is 9.68. The van der Waals surface area contributed by atoms with Crippen LogP contribution in [0.5, 0.6) is 0 Å². The second-order valence-corrected chi connectivity index (χ2v) is 7.45. The molecule has 2 amide bonds. The minimum absolute atomic E-state index is 0.170. The van der Waals surface area contributed by atoms with Gasteiger partial charge in [0.1, 0.15) is 0 Å². The van der Waals surface area contributed by atoms with Crippen LogP contribution in [0, 0.1) is 13.8 Å². The van der Waals surface area contributed by atoms with Crippen LogP contribution in [0.15, 0.2) is 42.7 Å². The Bertz CT molecular complexity index is 1180. The van der Waals surface area contributed by atoms with Crippen molar-refractivity contribution in [1.29, 1.82) is 0 Å². The predicted molar refractivity (Wildman–Crippen MR) is 118 cm³/mol. The highest BCUT2D eigenvalue weighted by atomic mass is 16.2. The zero-order valence-electron chi connectivity index (χ0n) is 17.0. The zero-order chi connectivity index (χ0) is 21.4. The SMILES string of the molecule is Cc1[nH]c(C=C2C(=O)Nc3ccc(C(=O)NC(C)c4ccncc4)cc32)c(C)c1N. The summed E-state index contributed by atoms with van der Waals surface area (Å²) >= 11 is 0. The van der Waals surface area contributed by atoms with E-state index in [9.17, 15) is 9.59 Å². The van der Waals surface area contributed by atoms with Crippen molar-refractivity contribution in [1.82, 2.24) is 15.3 Å². The molecule has 1 aliphatic heterocycles. The number of benzene rings is 1. The first-order chi connectivity index (χ1) is 14.3. The Hall–Kier alpha value is -3.87. The molecule has 4 rings (SSSR count). The highest BCUT2D eigenvalue weighted by molar-refractivity contribution is 6.35. The number of H-pyrrole nitrogens is 1. The number of amides is 2. The minimum Gasteiger partial charge on any atom is -0.397 e. The number of nitrogen functional groups attached to an aromatic ring is 1. The Morgan fingerprint density at radius 1 is 1.20 bits per heavy atom. The minimum atomic E-state index is -0.211. The molecule has 0 bridgehead atoms. The maximum Gasteiger partial charge on any atom is 0.256 e. The van der Waals surface area contributed by atoms with Crippen LogP contribution in [-0.4, -0.2) is 21.8 Å². The molecule has 1 aliphatic rings. The number of carbonyl (C=O) groups is 2. The van der Waals surface area contributed by atoms with E-state index in [1.165, 1.54) is 0 Å². The lowest BCUT2D eigenvalue weighted by molar-refractivity contribution is -0.110. The number of pyridine rings is 1. The molecule has 152 valence electrons. The summed E-state index contributed by atoms with van der Waals surface area (Å²) in [6.07, 6.45) is 5.17. The quantitative estimate of drug-likeness (QED) is 0.500. The molecule has 3 aromatic rings. The van der Waals surface area contributed by atoms with Crippen LogP contribution in [-0.2, 0) is 4.79 Å².